The highest BCUT2D eigenvalue weighted by Crippen LogP contribution is 2.27. The van der Waals surface area contributed by atoms with Crippen LogP contribution in [0.4, 0.5) is 0 Å². The maximum atomic E-state index is 12.1. The molecular weight excluding hydrogens is 256 g/mol. The summed E-state index contributed by atoms with van der Waals surface area (Å²) in [7, 11) is 1.11. The van der Waals surface area contributed by atoms with Crippen LogP contribution in [0.5, 0.6) is 0 Å². The third kappa shape index (κ3) is 1.90. The number of carbonyl (C=O) groups excluding carboxylic acids is 1. The zero-order chi connectivity index (χ0) is 13.5. The minimum absolute atomic E-state index is 0.110. The van der Waals surface area contributed by atoms with Crippen LogP contribution in [0.25, 0.3) is 6.08 Å². The topological polar surface area (TPSA) is 68.6 Å². The maximum Gasteiger partial charge on any atom is 0.355 e. The van der Waals surface area contributed by atoms with Crippen molar-refractivity contribution in [2.45, 2.75) is 4.90 Å². The number of rotatable bonds is 1. The molecule has 0 saturated heterocycles. The van der Waals surface area contributed by atoms with Gasteiger partial charge in [0.25, 0.3) is 0 Å². The molecule has 0 radical (unpaired) electrons. The predicted octanol–water partition coefficient (Wildman–Crippen LogP) is 0.459. The second-order valence-electron chi connectivity index (χ2n) is 4.17. The van der Waals surface area contributed by atoms with Crippen molar-refractivity contribution >= 4 is 21.9 Å². The molecule has 0 unspecified atom stereocenters. The van der Waals surface area contributed by atoms with E-state index in [1.54, 1.807) is 31.3 Å². The Hall–Kier alpha value is -1.76. The fraction of sp³-hybridized carbons (Fsp3) is 0.364. The number of sulfone groups is 1. The van der Waals surface area contributed by atoms with Gasteiger partial charge >= 0.3 is 5.97 Å². The summed E-state index contributed by atoms with van der Waals surface area (Å²) in [5.41, 5.74) is 0.622. The first-order valence-corrected chi connectivity index (χ1v) is 6.91. The molecule has 0 saturated carbocycles. The lowest BCUT2D eigenvalue weighted by molar-refractivity contribution is 0.0589. The number of ether oxygens (including phenoxy) is 1. The summed E-state index contributed by atoms with van der Waals surface area (Å²) in [5, 5.41) is 0. The number of hydrogen-bond donors (Lipinski definition) is 0. The van der Waals surface area contributed by atoms with Crippen LogP contribution in [-0.4, -0.2) is 43.9 Å². The van der Waals surface area contributed by atoms with E-state index in [4.69, 9.17) is 0 Å². The molecule has 0 fully saturated rings. The molecule has 0 aromatic carbocycles. The van der Waals surface area contributed by atoms with Gasteiger partial charge in [-0.1, -0.05) is 0 Å². The van der Waals surface area contributed by atoms with E-state index >= 15 is 0 Å². The van der Waals surface area contributed by atoms with Crippen molar-refractivity contribution in [2.24, 2.45) is 7.05 Å². The smallest absolute Gasteiger partial charge is 0.355 e. The van der Waals surface area contributed by atoms with Crippen LogP contribution in [0.1, 0.15) is 16.1 Å². The summed E-state index contributed by atoms with van der Waals surface area (Å²) in [6, 6.07) is 0. The first kappa shape index (κ1) is 12.7. The molecular formula is C11H14N2O4S. The van der Waals surface area contributed by atoms with Crippen LogP contribution in [0.15, 0.2) is 17.3 Å². The van der Waals surface area contributed by atoms with Gasteiger partial charge in [-0.2, -0.15) is 0 Å². The van der Waals surface area contributed by atoms with Crippen molar-refractivity contribution < 1.29 is 17.9 Å². The lowest BCUT2D eigenvalue weighted by Crippen LogP contribution is -2.19. The largest absolute Gasteiger partial charge is 0.464 e. The van der Waals surface area contributed by atoms with Crippen molar-refractivity contribution in [2.75, 3.05) is 20.0 Å². The Kier molecular flexibility index (Phi) is 2.94. The molecule has 1 aliphatic heterocycles. The average molecular weight is 270 g/mol. The molecule has 1 aromatic rings. The maximum absolute atomic E-state index is 12.1. The van der Waals surface area contributed by atoms with Crippen LogP contribution < -0.4 is 0 Å². The molecule has 0 bridgehead atoms. The second kappa shape index (κ2) is 4.16. The van der Waals surface area contributed by atoms with E-state index in [-0.39, 0.29) is 16.5 Å². The van der Waals surface area contributed by atoms with Gasteiger partial charge in [0.15, 0.2) is 9.84 Å². The quantitative estimate of drug-likeness (QED) is 0.693. The Labute approximate surface area is 105 Å². The number of aryl methyl sites for hydroxylation is 1. The Bertz CT molecular complexity index is 628. The lowest BCUT2D eigenvalue weighted by atomic mass is 10.2. The first-order chi connectivity index (χ1) is 8.36. The van der Waals surface area contributed by atoms with E-state index < -0.39 is 15.8 Å². The lowest BCUT2D eigenvalue weighted by Gasteiger charge is -2.10. The summed E-state index contributed by atoms with van der Waals surface area (Å²) in [4.78, 5) is 13.4. The van der Waals surface area contributed by atoms with Gasteiger partial charge < -0.3 is 14.2 Å². The highest BCUT2D eigenvalue weighted by molar-refractivity contribution is 7.91. The molecule has 1 aliphatic rings. The molecule has 0 aliphatic carbocycles. The number of methoxy groups -OCH3 is 1. The fourth-order valence-electron chi connectivity index (χ4n) is 1.96. The van der Waals surface area contributed by atoms with Crippen molar-refractivity contribution in [3.63, 3.8) is 0 Å². The SMILES string of the molecule is COC(=O)c1c2c(cn1C)S(=O)(=O)CN(C)C=C2. The molecule has 0 atom stereocenters. The van der Waals surface area contributed by atoms with Crippen LogP contribution in [0.3, 0.4) is 0 Å². The number of hydrogen-bond acceptors (Lipinski definition) is 5. The summed E-state index contributed by atoms with van der Waals surface area (Å²) in [5.74, 6) is -0.663. The third-order valence-corrected chi connectivity index (χ3v) is 4.51. The van der Waals surface area contributed by atoms with Crippen molar-refractivity contribution in [1.29, 1.82) is 0 Å². The minimum atomic E-state index is -3.44. The molecule has 0 N–H and O–H groups in total. The molecule has 0 amide bonds. The Morgan fingerprint density at radius 3 is 2.67 bits per heavy atom. The van der Waals surface area contributed by atoms with Gasteiger partial charge in [0, 0.05) is 32.1 Å². The molecule has 2 rings (SSSR count). The number of esters is 1. The zero-order valence-electron chi connectivity index (χ0n) is 10.4. The van der Waals surface area contributed by atoms with Crippen molar-refractivity contribution in [1.82, 2.24) is 9.47 Å². The van der Waals surface area contributed by atoms with Gasteiger partial charge in [-0.15, -0.1) is 0 Å². The molecule has 7 heteroatoms. The molecule has 18 heavy (non-hydrogen) atoms. The molecule has 0 spiro atoms. The summed E-state index contributed by atoms with van der Waals surface area (Å²) in [6.45, 7) is 0. The predicted molar refractivity (Wildman–Crippen MR) is 65.6 cm³/mol. The van der Waals surface area contributed by atoms with Crippen molar-refractivity contribution in [3.05, 3.63) is 23.7 Å². The highest BCUT2D eigenvalue weighted by atomic mass is 32.2. The highest BCUT2D eigenvalue weighted by Gasteiger charge is 2.29. The van der Waals surface area contributed by atoms with E-state index in [0.717, 1.165) is 0 Å². The Morgan fingerprint density at radius 2 is 2.06 bits per heavy atom. The van der Waals surface area contributed by atoms with Crippen LogP contribution in [0, 0.1) is 0 Å². The van der Waals surface area contributed by atoms with Crippen LogP contribution in [-0.2, 0) is 21.6 Å². The van der Waals surface area contributed by atoms with Gasteiger partial charge in [-0.05, 0) is 6.08 Å². The summed E-state index contributed by atoms with van der Waals surface area (Å²) >= 11 is 0. The second-order valence-corrected chi connectivity index (χ2v) is 6.10. The van der Waals surface area contributed by atoms with Crippen molar-refractivity contribution in [3.8, 4) is 0 Å². The van der Waals surface area contributed by atoms with Crippen LogP contribution >= 0.6 is 0 Å². The summed E-state index contributed by atoms with van der Waals surface area (Å²) < 4.78 is 30.4. The monoisotopic (exact) mass is 270 g/mol. The van der Waals surface area contributed by atoms with E-state index in [9.17, 15) is 13.2 Å². The van der Waals surface area contributed by atoms with Gasteiger partial charge in [0.1, 0.15) is 11.6 Å². The minimum Gasteiger partial charge on any atom is -0.464 e. The number of nitrogens with zero attached hydrogens (tertiary/aromatic N) is 2. The van der Waals surface area contributed by atoms with E-state index in [1.165, 1.54) is 17.9 Å². The number of aromatic nitrogens is 1. The Morgan fingerprint density at radius 1 is 1.39 bits per heavy atom. The standard InChI is InChI=1S/C11H14N2O4S/c1-12-5-4-8-9(18(15,16)7-12)6-13(2)10(8)11(14)17-3/h4-6H,7H2,1-3H3. The van der Waals surface area contributed by atoms with E-state index in [2.05, 4.69) is 4.74 Å². The number of carbonyl (C=O) groups is 1. The molecule has 6 nitrogen and oxygen atoms in total. The molecule has 98 valence electrons. The van der Waals surface area contributed by atoms with Gasteiger partial charge in [0.05, 0.1) is 12.0 Å². The Balaban J connectivity index is 2.73. The number of fused-ring (bicyclic) bond motifs is 1. The zero-order valence-corrected chi connectivity index (χ0v) is 11.2. The van der Waals surface area contributed by atoms with E-state index in [0.29, 0.717) is 5.56 Å². The van der Waals surface area contributed by atoms with Gasteiger partial charge in [0.2, 0.25) is 0 Å². The van der Waals surface area contributed by atoms with Gasteiger partial charge in [-0.25, -0.2) is 13.2 Å². The van der Waals surface area contributed by atoms with Gasteiger partial charge in [-0.3, -0.25) is 0 Å². The molecule has 1 aromatic heterocycles. The normalized spacial score (nSPS) is 17.2. The summed E-state index contributed by atoms with van der Waals surface area (Å²) in [6.07, 6.45) is 4.70. The van der Waals surface area contributed by atoms with E-state index in [1.807, 2.05) is 0 Å². The fourth-order valence-corrected chi connectivity index (χ4v) is 3.54. The molecule has 2 heterocycles. The average Bonchev–Trinajstić information content (AvgIpc) is 2.57. The third-order valence-electron chi connectivity index (χ3n) is 2.77. The van der Waals surface area contributed by atoms with Crippen LogP contribution in [0.2, 0.25) is 0 Å². The first-order valence-electron chi connectivity index (χ1n) is 5.25.